The van der Waals surface area contributed by atoms with E-state index in [4.69, 9.17) is 4.74 Å². The molecule has 138 valence electrons. The van der Waals surface area contributed by atoms with E-state index in [0.29, 0.717) is 11.1 Å². The molecular weight excluding hydrogens is 352 g/mol. The van der Waals surface area contributed by atoms with Crippen molar-refractivity contribution in [1.82, 2.24) is 0 Å². The Morgan fingerprint density at radius 2 is 1.50 bits per heavy atom. The first-order valence-corrected chi connectivity index (χ1v) is 10.0. The van der Waals surface area contributed by atoms with Crippen molar-refractivity contribution < 1.29 is 22.7 Å². The minimum atomic E-state index is -3.45. The molecule has 5 nitrogen and oxygen atoms in total. The van der Waals surface area contributed by atoms with Crippen LogP contribution in [0.15, 0.2) is 41.3 Å². The number of hydrogen-bond donors (Lipinski definition) is 0. The third kappa shape index (κ3) is 4.38. The second-order valence-corrected chi connectivity index (χ2v) is 8.49. The quantitative estimate of drug-likeness (QED) is 0.592. The molecule has 2 rings (SSSR count). The molecule has 2 aromatic rings. The molecule has 0 heterocycles. The molecule has 0 unspecified atom stereocenters. The number of sulfone groups is 1. The SMILES string of the molecule is Cc1ccc(C)c(C(=O)[C@H](C)OC(=O)c2cc(S(C)(=O)=O)ccc2C)c1. The van der Waals surface area contributed by atoms with E-state index < -0.39 is 21.9 Å². The molecule has 6 heteroatoms. The molecule has 0 aliphatic rings. The average Bonchev–Trinajstić information content (AvgIpc) is 2.55. The monoisotopic (exact) mass is 374 g/mol. The average molecular weight is 374 g/mol. The van der Waals surface area contributed by atoms with Gasteiger partial charge in [0.1, 0.15) is 0 Å². The van der Waals surface area contributed by atoms with Crippen LogP contribution in [0.2, 0.25) is 0 Å². The van der Waals surface area contributed by atoms with Gasteiger partial charge in [-0.25, -0.2) is 13.2 Å². The van der Waals surface area contributed by atoms with Crippen LogP contribution in [0.4, 0.5) is 0 Å². The van der Waals surface area contributed by atoms with Crippen molar-refractivity contribution >= 4 is 21.6 Å². The van der Waals surface area contributed by atoms with Crippen LogP contribution in [0.3, 0.4) is 0 Å². The summed E-state index contributed by atoms with van der Waals surface area (Å²) in [5.74, 6) is -1.02. The van der Waals surface area contributed by atoms with Crippen molar-refractivity contribution in [3.8, 4) is 0 Å². The summed E-state index contributed by atoms with van der Waals surface area (Å²) >= 11 is 0. The topological polar surface area (TPSA) is 77.5 Å². The van der Waals surface area contributed by atoms with Crippen LogP contribution in [0.1, 0.15) is 44.3 Å². The van der Waals surface area contributed by atoms with Crippen molar-refractivity contribution in [3.05, 3.63) is 64.2 Å². The molecule has 0 spiro atoms. The number of aryl methyl sites for hydroxylation is 3. The van der Waals surface area contributed by atoms with E-state index in [9.17, 15) is 18.0 Å². The van der Waals surface area contributed by atoms with Crippen LogP contribution >= 0.6 is 0 Å². The minimum Gasteiger partial charge on any atom is -0.451 e. The molecule has 2 aromatic carbocycles. The van der Waals surface area contributed by atoms with Crippen LogP contribution in [0.25, 0.3) is 0 Å². The summed E-state index contributed by atoms with van der Waals surface area (Å²) in [5.41, 5.74) is 2.96. The van der Waals surface area contributed by atoms with Gasteiger partial charge in [0.2, 0.25) is 5.78 Å². The molecule has 1 atom stereocenters. The maximum Gasteiger partial charge on any atom is 0.339 e. The zero-order valence-corrected chi connectivity index (χ0v) is 16.3. The van der Waals surface area contributed by atoms with Crippen LogP contribution < -0.4 is 0 Å². The van der Waals surface area contributed by atoms with E-state index in [1.54, 1.807) is 19.1 Å². The Morgan fingerprint density at radius 3 is 2.12 bits per heavy atom. The summed E-state index contributed by atoms with van der Waals surface area (Å²) in [4.78, 5) is 25.1. The fraction of sp³-hybridized carbons (Fsp3) is 0.300. The lowest BCUT2D eigenvalue weighted by Gasteiger charge is -2.15. The first-order chi connectivity index (χ1) is 12.0. The Hall–Kier alpha value is -2.47. The number of Topliss-reactive ketones (excluding diaryl/α,β-unsaturated/α-hetero) is 1. The van der Waals surface area contributed by atoms with Crippen molar-refractivity contribution in [2.75, 3.05) is 6.26 Å². The van der Waals surface area contributed by atoms with Crippen molar-refractivity contribution in [3.63, 3.8) is 0 Å². The van der Waals surface area contributed by atoms with Gasteiger partial charge in [0, 0.05) is 11.8 Å². The van der Waals surface area contributed by atoms with Gasteiger partial charge in [0.25, 0.3) is 0 Å². The van der Waals surface area contributed by atoms with Gasteiger partial charge in [-0.15, -0.1) is 0 Å². The number of rotatable bonds is 5. The van der Waals surface area contributed by atoms with E-state index in [-0.39, 0.29) is 16.2 Å². The van der Waals surface area contributed by atoms with Crippen LogP contribution in [0.5, 0.6) is 0 Å². The van der Waals surface area contributed by atoms with Crippen molar-refractivity contribution in [2.24, 2.45) is 0 Å². The highest BCUT2D eigenvalue weighted by atomic mass is 32.2. The van der Waals surface area contributed by atoms with Gasteiger partial charge in [0.15, 0.2) is 15.9 Å². The molecule has 26 heavy (non-hydrogen) atoms. The Kier molecular flexibility index (Phi) is 5.66. The molecule has 0 amide bonds. The van der Waals surface area contributed by atoms with Gasteiger partial charge in [-0.1, -0.05) is 23.8 Å². The van der Waals surface area contributed by atoms with Gasteiger partial charge in [-0.3, -0.25) is 4.79 Å². The van der Waals surface area contributed by atoms with Crippen LogP contribution in [0, 0.1) is 20.8 Å². The fourth-order valence-corrected chi connectivity index (χ4v) is 3.20. The van der Waals surface area contributed by atoms with Crippen molar-refractivity contribution in [1.29, 1.82) is 0 Å². The van der Waals surface area contributed by atoms with E-state index in [1.807, 2.05) is 26.0 Å². The number of carbonyl (C=O) groups is 2. The van der Waals surface area contributed by atoms with E-state index in [0.717, 1.165) is 17.4 Å². The number of ether oxygens (including phenoxy) is 1. The van der Waals surface area contributed by atoms with E-state index in [1.165, 1.54) is 19.1 Å². The molecule has 0 fully saturated rings. The summed E-state index contributed by atoms with van der Waals surface area (Å²) in [7, 11) is -3.45. The third-order valence-corrected chi connectivity index (χ3v) is 5.28. The molecular formula is C20H22O5S. The van der Waals surface area contributed by atoms with Crippen LogP contribution in [-0.4, -0.2) is 32.5 Å². The molecule has 0 aromatic heterocycles. The molecule has 0 aliphatic carbocycles. The summed E-state index contributed by atoms with van der Waals surface area (Å²) in [6, 6.07) is 9.77. The Labute approximate surface area is 153 Å². The smallest absolute Gasteiger partial charge is 0.339 e. The lowest BCUT2D eigenvalue weighted by molar-refractivity contribution is 0.0317. The third-order valence-electron chi connectivity index (χ3n) is 4.17. The van der Waals surface area contributed by atoms with Gasteiger partial charge >= 0.3 is 5.97 Å². The van der Waals surface area contributed by atoms with Gasteiger partial charge in [-0.05, 0) is 57.0 Å². The first-order valence-electron chi connectivity index (χ1n) is 8.14. The van der Waals surface area contributed by atoms with Crippen LogP contribution in [-0.2, 0) is 14.6 Å². The van der Waals surface area contributed by atoms with Gasteiger partial charge < -0.3 is 4.74 Å². The Morgan fingerprint density at radius 1 is 0.923 bits per heavy atom. The molecule has 0 N–H and O–H groups in total. The molecule has 0 saturated carbocycles. The maximum atomic E-state index is 12.6. The molecule has 0 aliphatic heterocycles. The summed E-state index contributed by atoms with van der Waals surface area (Å²) in [6.07, 6.45) is 0.0868. The Bertz CT molecular complexity index is 974. The zero-order chi connectivity index (χ0) is 19.6. The first kappa shape index (κ1) is 19.8. The highest BCUT2D eigenvalue weighted by Gasteiger charge is 2.23. The summed E-state index contributed by atoms with van der Waals surface area (Å²) in [6.45, 7) is 6.89. The van der Waals surface area contributed by atoms with Gasteiger partial charge in [0.05, 0.1) is 10.5 Å². The molecule has 0 saturated heterocycles. The maximum absolute atomic E-state index is 12.6. The molecule has 0 bridgehead atoms. The molecule has 0 radical (unpaired) electrons. The zero-order valence-electron chi connectivity index (χ0n) is 15.5. The Balaban J connectivity index is 2.27. The number of carbonyl (C=O) groups excluding carboxylic acids is 2. The summed E-state index contributed by atoms with van der Waals surface area (Å²) < 4.78 is 28.7. The second-order valence-electron chi connectivity index (χ2n) is 6.48. The normalized spacial score (nSPS) is 12.5. The lowest BCUT2D eigenvalue weighted by Crippen LogP contribution is -2.25. The number of benzene rings is 2. The predicted octanol–water partition coefficient (Wildman–Crippen LogP) is 3.44. The van der Waals surface area contributed by atoms with E-state index >= 15 is 0 Å². The summed E-state index contributed by atoms with van der Waals surface area (Å²) in [5, 5.41) is 0. The van der Waals surface area contributed by atoms with Gasteiger partial charge in [-0.2, -0.15) is 0 Å². The number of hydrogen-bond acceptors (Lipinski definition) is 5. The lowest BCUT2D eigenvalue weighted by atomic mass is 9.99. The highest BCUT2D eigenvalue weighted by molar-refractivity contribution is 7.90. The second kappa shape index (κ2) is 7.41. The van der Waals surface area contributed by atoms with Crippen molar-refractivity contribution in [2.45, 2.75) is 38.7 Å². The standard InChI is InChI=1S/C20H22O5S/c1-12-6-7-13(2)17(10-12)19(21)15(4)25-20(22)18-11-16(26(5,23)24)9-8-14(18)3/h6-11,15H,1-5H3/t15-/m0/s1. The number of ketones is 1. The fourth-order valence-electron chi connectivity index (χ4n) is 2.55. The minimum absolute atomic E-state index is 0.0311. The van der Waals surface area contributed by atoms with E-state index in [2.05, 4.69) is 0 Å². The highest BCUT2D eigenvalue weighted by Crippen LogP contribution is 2.19. The largest absolute Gasteiger partial charge is 0.451 e. The number of esters is 1. The predicted molar refractivity (Wildman–Crippen MR) is 99.4 cm³/mol.